The van der Waals surface area contributed by atoms with Crippen molar-refractivity contribution in [2.24, 2.45) is 0 Å². The second kappa shape index (κ2) is 7.55. The molecule has 2 heterocycles. The van der Waals surface area contributed by atoms with Crippen LogP contribution in [0.25, 0.3) is 11.5 Å². The van der Waals surface area contributed by atoms with Crippen LogP contribution < -0.4 is 0 Å². The van der Waals surface area contributed by atoms with Crippen molar-refractivity contribution in [2.75, 3.05) is 6.54 Å². The summed E-state index contributed by atoms with van der Waals surface area (Å²) in [6, 6.07) is 2.50. The fourth-order valence-electron chi connectivity index (χ4n) is 2.09. The average Bonchev–Trinajstić information content (AvgIpc) is 3.08. The number of thiophene rings is 1. The Balaban J connectivity index is 1.96. The Morgan fingerprint density at radius 1 is 1.35 bits per heavy atom. The lowest BCUT2D eigenvalue weighted by molar-refractivity contribution is 0.201. The van der Waals surface area contributed by atoms with Gasteiger partial charge in [-0.25, -0.2) is 0 Å². The highest BCUT2D eigenvalue weighted by Gasteiger charge is 2.15. The maximum atomic E-state index is 5.33. The molecule has 0 aliphatic carbocycles. The van der Waals surface area contributed by atoms with Gasteiger partial charge in [-0.15, -0.1) is 0 Å². The van der Waals surface area contributed by atoms with Gasteiger partial charge >= 0.3 is 0 Å². The second-order valence-electron chi connectivity index (χ2n) is 5.30. The maximum Gasteiger partial charge on any atom is 0.258 e. The monoisotopic (exact) mass is 293 g/mol. The van der Waals surface area contributed by atoms with Gasteiger partial charge in [0, 0.05) is 11.4 Å². The fourth-order valence-corrected chi connectivity index (χ4v) is 2.72. The van der Waals surface area contributed by atoms with Crippen LogP contribution in [0.4, 0.5) is 0 Å². The van der Waals surface area contributed by atoms with Gasteiger partial charge in [0.15, 0.2) is 5.82 Å². The van der Waals surface area contributed by atoms with Gasteiger partial charge in [-0.2, -0.15) is 16.3 Å². The van der Waals surface area contributed by atoms with Gasteiger partial charge in [0.05, 0.1) is 12.1 Å². The van der Waals surface area contributed by atoms with Crippen LogP contribution in [-0.2, 0) is 6.54 Å². The molecule has 0 aliphatic heterocycles. The Kier molecular flexibility index (Phi) is 5.73. The van der Waals surface area contributed by atoms with Crippen LogP contribution in [0, 0.1) is 0 Å². The predicted molar refractivity (Wildman–Crippen MR) is 82.7 cm³/mol. The smallest absolute Gasteiger partial charge is 0.258 e. The zero-order valence-corrected chi connectivity index (χ0v) is 13.3. The zero-order chi connectivity index (χ0) is 14.4. The molecule has 2 rings (SSSR count). The number of nitrogens with zero attached hydrogens (tertiary/aromatic N) is 3. The van der Waals surface area contributed by atoms with E-state index < -0.39 is 0 Å². The topological polar surface area (TPSA) is 42.2 Å². The lowest BCUT2D eigenvalue weighted by Crippen LogP contribution is -2.31. The zero-order valence-electron chi connectivity index (χ0n) is 12.5. The molecule has 0 saturated carbocycles. The molecule has 0 radical (unpaired) electrons. The number of aromatic nitrogens is 2. The Hall–Kier alpha value is -1.20. The van der Waals surface area contributed by atoms with E-state index in [1.165, 1.54) is 19.3 Å². The molecule has 0 saturated heterocycles. The van der Waals surface area contributed by atoms with Gasteiger partial charge in [-0.05, 0) is 38.3 Å². The van der Waals surface area contributed by atoms with E-state index >= 15 is 0 Å². The molecule has 0 fully saturated rings. The van der Waals surface area contributed by atoms with Crippen LogP contribution >= 0.6 is 11.3 Å². The fraction of sp³-hybridized carbons (Fsp3) is 0.600. The number of unbranched alkanes of at least 4 members (excludes halogenated alkanes) is 2. The Bertz CT molecular complexity index is 493. The normalized spacial score (nSPS) is 11.7. The highest BCUT2D eigenvalue weighted by Crippen LogP contribution is 2.20. The molecule has 0 atom stereocenters. The number of rotatable bonds is 8. The van der Waals surface area contributed by atoms with Crippen molar-refractivity contribution in [3.05, 3.63) is 22.7 Å². The van der Waals surface area contributed by atoms with Crippen LogP contribution in [0.2, 0.25) is 0 Å². The van der Waals surface area contributed by atoms with Crippen molar-refractivity contribution in [3.63, 3.8) is 0 Å². The van der Waals surface area contributed by atoms with Crippen molar-refractivity contribution in [1.82, 2.24) is 15.0 Å². The lowest BCUT2D eigenvalue weighted by atomic mass is 10.2. The van der Waals surface area contributed by atoms with Gasteiger partial charge < -0.3 is 4.52 Å². The summed E-state index contributed by atoms with van der Waals surface area (Å²) in [7, 11) is 0. The molecular weight excluding hydrogens is 270 g/mol. The third kappa shape index (κ3) is 4.15. The standard InChI is InChI=1S/C15H23N3OS/c1-4-5-6-8-18(12(2)3)10-14-16-15(19-17-14)13-7-9-20-11-13/h7,9,11-12H,4-6,8,10H2,1-3H3. The van der Waals surface area contributed by atoms with Crippen molar-refractivity contribution < 1.29 is 4.52 Å². The van der Waals surface area contributed by atoms with Gasteiger partial charge in [0.1, 0.15) is 0 Å². The summed E-state index contributed by atoms with van der Waals surface area (Å²) in [6.45, 7) is 8.51. The molecule has 4 nitrogen and oxygen atoms in total. The second-order valence-corrected chi connectivity index (χ2v) is 6.08. The van der Waals surface area contributed by atoms with E-state index in [0.29, 0.717) is 11.9 Å². The molecule has 0 bridgehead atoms. The Morgan fingerprint density at radius 2 is 2.20 bits per heavy atom. The van der Waals surface area contributed by atoms with E-state index in [2.05, 4.69) is 35.8 Å². The summed E-state index contributed by atoms with van der Waals surface area (Å²) in [6.07, 6.45) is 3.75. The predicted octanol–water partition coefficient (Wildman–Crippen LogP) is 4.20. The highest BCUT2D eigenvalue weighted by atomic mass is 32.1. The van der Waals surface area contributed by atoms with Crippen LogP contribution in [-0.4, -0.2) is 27.6 Å². The number of hydrogen-bond acceptors (Lipinski definition) is 5. The van der Waals surface area contributed by atoms with Gasteiger partial charge in [0.25, 0.3) is 5.89 Å². The summed E-state index contributed by atoms with van der Waals surface area (Å²) in [4.78, 5) is 6.89. The molecule has 2 aromatic heterocycles. The van der Waals surface area contributed by atoms with Crippen LogP contribution in [0.15, 0.2) is 21.3 Å². The van der Waals surface area contributed by atoms with Crippen molar-refractivity contribution in [2.45, 2.75) is 52.6 Å². The van der Waals surface area contributed by atoms with Crippen LogP contribution in [0.1, 0.15) is 45.9 Å². The quantitative estimate of drug-likeness (QED) is 0.684. The lowest BCUT2D eigenvalue weighted by Gasteiger charge is -2.24. The maximum absolute atomic E-state index is 5.33. The molecule has 0 aromatic carbocycles. The molecule has 0 spiro atoms. The molecule has 2 aromatic rings. The first-order valence-corrected chi connectivity index (χ1v) is 8.24. The molecule has 0 aliphatic rings. The molecule has 0 unspecified atom stereocenters. The third-order valence-electron chi connectivity index (χ3n) is 3.36. The number of hydrogen-bond donors (Lipinski definition) is 0. The molecule has 0 amide bonds. The first kappa shape index (κ1) is 15.2. The summed E-state index contributed by atoms with van der Waals surface area (Å²) in [5, 5.41) is 8.14. The van der Waals surface area contributed by atoms with Gasteiger partial charge in [-0.1, -0.05) is 24.9 Å². The van der Waals surface area contributed by atoms with Crippen molar-refractivity contribution in [3.8, 4) is 11.5 Å². The van der Waals surface area contributed by atoms with E-state index in [0.717, 1.165) is 24.5 Å². The van der Waals surface area contributed by atoms with E-state index in [1.807, 2.05) is 16.8 Å². The Morgan fingerprint density at radius 3 is 2.85 bits per heavy atom. The molecule has 20 heavy (non-hydrogen) atoms. The van der Waals surface area contributed by atoms with E-state index in [1.54, 1.807) is 11.3 Å². The van der Waals surface area contributed by atoms with E-state index in [9.17, 15) is 0 Å². The minimum atomic E-state index is 0.495. The molecule has 0 N–H and O–H groups in total. The van der Waals surface area contributed by atoms with E-state index in [-0.39, 0.29) is 0 Å². The van der Waals surface area contributed by atoms with Gasteiger partial charge in [0.2, 0.25) is 0 Å². The molecule has 110 valence electrons. The molecular formula is C15H23N3OS. The molecule has 5 heteroatoms. The van der Waals surface area contributed by atoms with Crippen LogP contribution in [0.5, 0.6) is 0 Å². The largest absolute Gasteiger partial charge is 0.334 e. The minimum absolute atomic E-state index is 0.495. The van der Waals surface area contributed by atoms with Crippen molar-refractivity contribution in [1.29, 1.82) is 0 Å². The van der Waals surface area contributed by atoms with Crippen LogP contribution in [0.3, 0.4) is 0 Å². The SMILES string of the molecule is CCCCCN(Cc1noc(-c2ccsc2)n1)C(C)C. The first-order chi connectivity index (χ1) is 9.70. The summed E-state index contributed by atoms with van der Waals surface area (Å²) in [5.74, 6) is 1.40. The minimum Gasteiger partial charge on any atom is -0.334 e. The summed E-state index contributed by atoms with van der Waals surface area (Å²) in [5.41, 5.74) is 1.01. The van der Waals surface area contributed by atoms with Gasteiger partial charge in [-0.3, -0.25) is 4.90 Å². The summed E-state index contributed by atoms with van der Waals surface area (Å²) >= 11 is 1.64. The third-order valence-corrected chi connectivity index (χ3v) is 4.04. The average molecular weight is 293 g/mol. The Labute approximate surface area is 124 Å². The van der Waals surface area contributed by atoms with E-state index in [4.69, 9.17) is 4.52 Å². The first-order valence-electron chi connectivity index (χ1n) is 7.30. The van der Waals surface area contributed by atoms with Crippen molar-refractivity contribution >= 4 is 11.3 Å². The summed E-state index contributed by atoms with van der Waals surface area (Å²) < 4.78 is 5.33. The highest BCUT2D eigenvalue weighted by molar-refractivity contribution is 7.08.